The zero-order valence-electron chi connectivity index (χ0n) is 5.53. The summed E-state index contributed by atoms with van der Waals surface area (Å²) in [5, 5.41) is 0. The largest absolute Gasteiger partial charge is 0.384 e. The van der Waals surface area contributed by atoms with Crippen molar-refractivity contribution in [3.63, 3.8) is 0 Å². The fourth-order valence-corrected chi connectivity index (χ4v) is 0.617. The van der Waals surface area contributed by atoms with Crippen LogP contribution in [0.15, 0.2) is 6.07 Å². The lowest BCUT2D eigenvalue weighted by molar-refractivity contribution is 1.13. The molecule has 56 valence electrons. The Bertz CT molecular complexity index is 174. The number of aryl methyl sites for hydroxylation is 1. The summed E-state index contributed by atoms with van der Waals surface area (Å²) >= 11 is 0. The third-order valence-electron chi connectivity index (χ3n) is 0.891. The van der Waals surface area contributed by atoms with Crippen molar-refractivity contribution in [2.75, 3.05) is 11.5 Å². The van der Waals surface area contributed by atoms with Crippen molar-refractivity contribution < 1.29 is 0 Å². The Kier molecular flexibility index (Phi) is 2.89. The van der Waals surface area contributed by atoms with Crippen LogP contribution in [0.1, 0.15) is 5.69 Å². The molecule has 0 saturated heterocycles. The Morgan fingerprint density at radius 1 is 1.30 bits per heavy atom. The van der Waals surface area contributed by atoms with Gasteiger partial charge in [-0.1, -0.05) is 0 Å². The second kappa shape index (κ2) is 3.22. The molecule has 0 radical (unpaired) electrons. The summed E-state index contributed by atoms with van der Waals surface area (Å²) in [5.41, 5.74) is 11.4. The maximum atomic E-state index is 5.33. The third-order valence-corrected chi connectivity index (χ3v) is 0.891. The van der Waals surface area contributed by atoms with Crippen LogP contribution in [0.3, 0.4) is 0 Å². The first kappa shape index (κ1) is 8.97. The molecule has 0 amide bonds. The Hall–Kier alpha value is -1.03. The minimum absolute atomic E-state index is 0. The lowest BCUT2D eigenvalue weighted by Gasteiger charge is -1.94. The Labute approximate surface area is 65.1 Å². The van der Waals surface area contributed by atoms with E-state index in [0.29, 0.717) is 5.82 Å². The van der Waals surface area contributed by atoms with E-state index >= 15 is 0 Å². The normalized spacial score (nSPS) is 8.50. The second-order valence-electron chi connectivity index (χ2n) is 1.79. The van der Waals surface area contributed by atoms with Gasteiger partial charge in [-0.15, -0.1) is 12.4 Å². The quantitative estimate of drug-likeness (QED) is 0.575. The van der Waals surface area contributed by atoms with Gasteiger partial charge in [-0.2, -0.15) is 4.98 Å². The minimum atomic E-state index is 0. The van der Waals surface area contributed by atoms with Crippen LogP contribution >= 0.6 is 12.4 Å². The Balaban J connectivity index is 0.000000810. The van der Waals surface area contributed by atoms with E-state index in [2.05, 4.69) is 9.97 Å². The molecule has 0 aliphatic heterocycles. The summed E-state index contributed by atoms with van der Waals surface area (Å²) in [5.74, 6) is 0.646. The molecule has 0 unspecified atom stereocenters. The molecular formula is C5H9ClN4. The number of rotatable bonds is 0. The molecule has 1 heterocycles. The standard InChI is InChI=1S/C5H8N4.ClH/c1-3-2-4(6)9-5(7)8-3;/h2H,1H3,(H4,6,7,8,9);1H. The van der Waals surface area contributed by atoms with Crippen molar-refractivity contribution in [3.8, 4) is 0 Å². The average Bonchev–Trinajstić information content (AvgIpc) is 1.59. The highest BCUT2D eigenvalue weighted by atomic mass is 35.5. The Morgan fingerprint density at radius 2 is 1.90 bits per heavy atom. The molecule has 4 nitrogen and oxygen atoms in total. The van der Waals surface area contributed by atoms with Gasteiger partial charge in [-0.3, -0.25) is 0 Å². The molecule has 0 bridgehead atoms. The predicted molar refractivity (Wildman–Crippen MR) is 42.8 cm³/mol. The first-order chi connectivity index (χ1) is 4.18. The van der Waals surface area contributed by atoms with Crippen molar-refractivity contribution in [2.24, 2.45) is 0 Å². The first-order valence-electron chi connectivity index (χ1n) is 2.55. The lowest BCUT2D eigenvalue weighted by Crippen LogP contribution is -1.99. The number of nitrogens with zero attached hydrogens (tertiary/aromatic N) is 2. The van der Waals surface area contributed by atoms with Crippen LogP contribution in [0.2, 0.25) is 0 Å². The highest BCUT2D eigenvalue weighted by Crippen LogP contribution is 2.00. The summed E-state index contributed by atoms with van der Waals surface area (Å²) in [4.78, 5) is 7.50. The molecule has 0 fully saturated rings. The van der Waals surface area contributed by atoms with Gasteiger partial charge in [0.2, 0.25) is 5.95 Å². The first-order valence-corrected chi connectivity index (χ1v) is 2.55. The van der Waals surface area contributed by atoms with E-state index in [0.717, 1.165) is 5.69 Å². The number of anilines is 2. The predicted octanol–water partition coefficient (Wildman–Crippen LogP) is 0.371. The number of nitrogens with two attached hydrogens (primary N) is 2. The zero-order valence-corrected chi connectivity index (χ0v) is 6.35. The van der Waals surface area contributed by atoms with Crippen LogP contribution in [-0.2, 0) is 0 Å². The maximum absolute atomic E-state index is 5.33. The number of hydrogen-bond donors (Lipinski definition) is 2. The highest BCUT2D eigenvalue weighted by Gasteiger charge is 1.91. The second-order valence-corrected chi connectivity index (χ2v) is 1.79. The van der Waals surface area contributed by atoms with Gasteiger partial charge >= 0.3 is 0 Å². The van der Waals surface area contributed by atoms with Crippen molar-refractivity contribution in [2.45, 2.75) is 6.92 Å². The molecule has 4 N–H and O–H groups in total. The van der Waals surface area contributed by atoms with Crippen LogP contribution in [0.4, 0.5) is 11.8 Å². The molecule has 1 rings (SSSR count). The van der Waals surface area contributed by atoms with Gasteiger partial charge in [0, 0.05) is 11.8 Å². The molecule has 0 aromatic carbocycles. The summed E-state index contributed by atoms with van der Waals surface area (Å²) < 4.78 is 0. The fourth-order valence-electron chi connectivity index (χ4n) is 0.617. The maximum Gasteiger partial charge on any atom is 0.222 e. The smallest absolute Gasteiger partial charge is 0.222 e. The van der Waals surface area contributed by atoms with E-state index in [1.807, 2.05) is 6.92 Å². The molecule has 0 atom stereocenters. The highest BCUT2D eigenvalue weighted by molar-refractivity contribution is 5.85. The van der Waals surface area contributed by atoms with Gasteiger partial charge < -0.3 is 11.5 Å². The van der Waals surface area contributed by atoms with Gasteiger partial charge in [-0.25, -0.2) is 4.98 Å². The topological polar surface area (TPSA) is 77.8 Å². The molecule has 5 heteroatoms. The monoisotopic (exact) mass is 160 g/mol. The molecule has 0 saturated carbocycles. The molecular weight excluding hydrogens is 152 g/mol. The average molecular weight is 161 g/mol. The van der Waals surface area contributed by atoms with E-state index < -0.39 is 0 Å². The van der Waals surface area contributed by atoms with Crippen molar-refractivity contribution in [3.05, 3.63) is 11.8 Å². The molecule has 0 aliphatic carbocycles. The lowest BCUT2D eigenvalue weighted by atomic mass is 10.4. The van der Waals surface area contributed by atoms with Crippen molar-refractivity contribution >= 4 is 24.2 Å². The summed E-state index contributed by atoms with van der Waals surface area (Å²) in [7, 11) is 0. The van der Waals surface area contributed by atoms with Gasteiger partial charge in [0.1, 0.15) is 5.82 Å². The SMILES string of the molecule is Cc1cc(N)nc(N)n1.Cl. The fraction of sp³-hybridized carbons (Fsp3) is 0.200. The molecule has 0 spiro atoms. The number of hydrogen-bond acceptors (Lipinski definition) is 4. The van der Waals surface area contributed by atoms with Crippen LogP contribution in [0.5, 0.6) is 0 Å². The molecule has 10 heavy (non-hydrogen) atoms. The minimum Gasteiger partial charge on any atom is -0.384 e. The van der Waals surface area contributed by atoms with Gasteiger partial charge in [0.25, 0.3) is 0 Å². The summed E-state index contributed by atoms with van der Waals surface area (Å²) in [6.07, 6.45) is 0. The summed E-state index contributed by atoms with van der Waals surface area (Å²) in [6, 6.07) is 1.66. The van der Waals surface area contributed by atoms with Crippen molar-refractivity contribution in [1.82, 2.24) is 9.97 Å². The molecule has 0 aliphatic rings. The Morgan fingerprint density at radius 3 is 2.30 bits per heavy atom. The van der Waals surface area contributed by atoms with Gasteiger partial charge in [-0.05, 0) is 6.92 Å². The number of aromatic nitrogens is 2. The van der Waals surface area contributed by atoms with Crippen LogP contribution in [0, 0.1) is 6.92 Å². The zero-order chi connectivity index (χ0) is 6.85. The van der Waals surface area contributed by atoms with E-state index in [1.54, 1.807) is 6.07 Å². The molecule has 1 aromatic rings. The van der Waals surface area contributed by atoms with Crippen molar-refractivity contribution in [1.29, 1.82) is 0 Å². The van der Waals surface area contributed by atoms with E-state index in [9.17, 15) is 0 Å². The van der Waals surface area contributed by atoms with Crippen LogP contribution in [0.25, 0.3) is 0 Å². The van der Waals surface area contributed by atoms with Crippen LogP contribution < -0.4 is 11.5 Å². The number of halogens is 1. The summed E-state index contributed by atoms with van der Waals surface area (Å²) in [6.45, 7) is 1.81. The van der Waals surface area contributed by atoms with E-state index in [-0.39, 0.29) is 18.4 Å². The van der Waals surface area contributed by atoms with Gasteiger partial charge in [0.15, 0.2) is 0 Å². The van der Waals surface area contributed by atoms with Crippen LogP contribution in [-0.4, -0.2) is 9.97 Å². The van der Waals surface area contributed by atoms with E-state index in [4.69, 9.17) is 11.5 Å². The number of nitrogen functional groups attached to an aromatic ring is 2. The van der Waals surface area contributed by atoms with Gasteiger partial charge in [0.05, 0.1) is 0 Å². The van der Waals surface area contributed by atoms with E-state index in [1.165, 1.54) is 0 Å². The third kappa shape index (κ3) is 2.06. The molecule has 1 aromatic heterocycles.